The highest BCUT2D eigenvalue weighted by molar-refractivity contribution is 5.98. The monoisotopic (exact) mass is 386 g/mol. The summed E-state index contributed by atoms with van der Waals surface area (Å²) in [6.45, 7) is 1.60. The van der Waals surface area contributed by atoms with Gasteiger partial charge >= 0.3 is 5.97 Å². The molecule has 2 rings (SSSR count). The van der Waals surface area contributed by atoms with E-state index in [1.165, 1.54) is 7.11 Å². The molecule has 0 unspecified atom stereocenters. The highest BCUT2D eigenvalue weighted by Crippen LogP contribution is 2.17. The minimum atomic E-state index is -0.731. The van der Waals surface area contributed by atoms with Gasteiger partial charge in [0.15, 0.2) is 6.61 Å². The van der Waals surface area contributed by atoms with E-state index in [1.54, 1.807) is 48.5 Å². The van der Waals surface area contributed by atoms with Crippen LogP contribution in [-0.4, -0.2) is 44.7 Å². The van der Waals surface area contributed by atoms with Gasteiger partial charge in [0, 0.05) is 5.69 Å². The first-order chi connectivity index (χ1) is 13.5. The number of nitrogens with one attached hydrogen (secondary N) is 2. The summed E-state index contributed by atoms with van der Waals surface area (Å²) >= 11 is 0. The number of methoxy groups -OCH3 is 1. The lowest BCUT2D eigenvalue weighted by Crippen LogP contribution is -2.32. The third-order valence-electron chi connectivity index (χ3n) is 3.56. The molecule has 0 aliphatic rings. The van der Waals surface area contributed by atoms with E-state index in [9.17, 15) is 14.4 Å². The van der Waals surface area contributed by atoms with Crippen molar-refractivity contribution in [1.82, 2.24) is 5.32 Å². The van der Waals surface area contributed by atoms with Crippen LogP contribution in [0.5, 0.6) is 11.5 Å². The first-order valence-corrected chi connectivity index (χ1v) is 8.63. The Hall–Kier alpha value is -3.55. The second-order valence-electron chi connectivity index (χ2n) is 5.55. The summed E-state index contributed by atoms with van der Waals surface area (Å²) in [6, 6.07) is 13.4. The summed E-state index contributed by atoms with van der Waals surface area (Å²) in [5.74, 6) is -0.618. The number of ether oxygens (including phenoxy) is 3. The molecule has 0 saturated carbocycles. The molecule has 2 N–H and O–H groups in total. The molecule has 0 spiro atoms. The summed E-state index contributed by atoms with van der Waals surface area (Å²) in [6.07, 6.45) is 0. The van der Waals surface area contributed by atoms with Crippen LogP contribution in [0.4, 0.5) is 5.69 Å². The molecule has 2 amide bonds. The molecule has 0 aromatic heterocycles. The second-order valence-corrected chi connectivity index (χ2v) is 5.55. The largest absolute Gasteiger partial charge is 0.496 e. The smallest absolute Gasteiger partial charge is 0.325 e. The molecular weight excluding hydrogens is 364 g/mol. The maximum Gasteiger partial charge on any atom is 0.325 e. The van der Waals surface area contributed by atoms with Gasteiger partial charge in [-0.3, -0.25) is 14.4 Å². The van der Waals surface area contributed by atoms with Gasteiger partial charge in [-0.15, -0.1) is 0 Å². The van der Waals surface area contributed by atoms with Crippen molar-refractivity contribution in [3.63, 3.8) is 0 Å². The van der Waals surface area contributed by atoms with Crippen molar-refractivity contribution in [3.8, 4) is 11.5 Å². The number of hydrogen-bond acceptors (Lipinski definition) is 6. The van der Waals surface area contributed by atoms with Crippen LogP contribution in [0.25, 0.3) is 0 Å². The zero-order valence-corrected chi connectivity index (χ0v) is 15.7. The predicted octanol–water partition coefficient (Wildman–Crippen LogP) is 2.01. The zero-order valence-electron chi connectivity index (χ0n) is 15.7. The van der Waals surface area contributed by atoms with Crippen molar-refractivity contribution in [1.29, 1.82) is 0 Å². The Kier molecular flexibility index (Phi) is 7.83. The van der Waals surface area contributed by atoms with E-state index < -0.39 is 24.4 Å². The van der Waals surface area contributed by atoms with Gasteiger partial charge < -0.3 is 24.8 Å². The molecule has 0 bridgehead atoms. The number of hydrogen-bond donors (Lipinski definition) is 2. The van der Waals surface area contributed by atoms with Crippen molar-refractivity contribution < 1.29 is 28.6 Å². The molecule has 0 fully saturated rings. The summed E-state index contributed by atoms with van der Waals surface area (Å²) in [5.41, 5.74) is 0.847. The number of esters is 1. The molecule has 28 heavy (non-hydrogen) atoms. The number of carbonyl (C=O) groups is 3. The third-order valence-corrected chi connectivity index (χ3v) is 3.56. The van der Waals surface area contributed by atoms with Gasteiger partial charge in [-0.05, 0) is 43.3 Å². The summed E-state index contributed by atoms with van der Waals surface area (Å²) in [4.78, 5) is 35.7. The maximum atomic E-state index is 12.1. The van der Waals surface area contributed by atoms with Gasteiger partial charge in [-0.2, -0.15) is 0 Å². The van der Waals surface area contributed by atoms with Gasteiger partial charge in [-0.1, -0.05) is 12.1 Å². The Bertz CT molecular complexity index is 820. The van der Waals surface area contributed by atoms with Crippen molar-refractivity contribution in [2.75, 3.05) is 32.2 Å². The Morgan fingerprint density at radius 2 is 1.71 bits per heavy atom. The standard InChI is InChI=1S/C20H22N2O6/c1-3-27-15-10-8-14(9-11-15)22-18(23)13-28-19(24)12-21-20(25)16-6-4-5-7-17(16)26-2/h4-11H,3,12-13H2,1-2H3,(H,21,25)(H,22,23). The minimum Gasteiger partial charge on any atom is -0.496 e. The molecule has 0 atom stereocenters. The number of amides is 2. The first kappa shape index (κ1) is 20.8. The molecule has 0 aliphatic heterocycles. The number of para-hydroxylation sites is 1. The lowest BCUT2D eigenvalue weighted by molar-refractivity contribution is -0.146. The van der Waals surface area contributed by atoms with Crippen molar-refractivity contribution in [2.45, 2.75) is 6.92 Å². The molecule has 8 nitrogen and oxygen atoms in total. The van der Waals surface area contributed by atoms with E-state index in [4.69, 9.17) is 14.2 Å². The second kappa shape index (κ2) is 10.6. The summed E-state index contributed by atoms with van der Waals surface area (Å²) < 4.78 is 15.3. The molecule has 0 heterocycles. The summed E-state index contributed by atoms with van der Waals surface area (Å²) in [5, 5.41) is 5.02. The van der Waals surface area contributed by atoms with E-state index in [0.717, 1.165) is 0 Å². The first-order valence-electron chi connectivity index (χ1n) is 8.63. The van der Waals surface area contributed by atoms with Crippen molar-refractivity contribution >= 4 is 23.5 Å². The number of carbonyl (C=O) groups excluding carboxylic acids is 3. The van der Waals surface area contributed by atoms with Crippen molar-refractivity contribution in [2.24, 2.45) is 0 Å². The van der Waals surface area contributed by atoms with E-state index in [0.29, 0.717) is 29.4 Å². The SMILES string of the molecule is CCOc1ccc(NC(=O)COC(=O)CNC(=O)c2ccccc2OC)cc1. The molecule has 0 aliphatic carbocycles. The van der Waals surface area contributed by atoms with Crippen LogP contribution >= 0.6 is 0 Å². The zero-order chi connectivity index (χ0) is 20.4. The Morgan fingerprint density at radius 3 is 2.39 bits per heavy atom. The molecule has 8 heteroatoms. The average Bonchev–Trinajstić information content (AvgIpc) is 2.72. The van der Waals surface area contributed by atoms with Gasteiger partial charge in [0.1, 0.15) is 18.0 Å². The lowest BCUT2D eigenvalue weighted by atomic mass is 10.2. The van der Waals surface area contributed by atoms with E-state index in [2.05, 4.69) is 10.6 Å². The van der Waals surface area contributed by atoms with Crippen LogP contribution in [0.15, 0.2) is 48.5 Å². The van der Waals surface area contributed by atoms with Gasteiger partial charge in [0.25, 0.3) is 11.8 Å². The third kappa shape index (κ3) is 6.31. The highest BCUT2D eigenvalue weighted by atomic mass is 16.5. The Balaban J connectivity index is 1.74. The Labute approximate surface area is 162 Å². The average molecular weight is 386 g/mol. The van der Waals surface area contributed by atoms with Crippen LogP contribution in [0, 0.1) is 0 Å². The fourth-order valence-electron chi connectivity index (χ4n) is 2.28. The van der Waals surface area contributed by atoms with Gasteiger partial charge in [0.05, 0.1) is 19.3 Å². The fourth-order valence-corrected chi connectivity index (χ4v) is 2.28. The van der Waals surface area contributed by atoms with Gasteiger partial charge in [0.2, 0.25) is 0 Å². The quantitative estimate of drug-likeness (QED) is 0.639. The van der Waals surface area contributed by atoms with Crippen LogP contribution in [0.3, 0.4) is 0 Å². The highest BCUT2D eigenvalue weighted by Gasteiger charge is 2.14. The van der Waals surface area contributed by atoms with Crippen molar-refractivity contribution in [3.05, 3.63) is 54.1 Å². The molecule has 0 radical (unpaired) electrons. The molecule has 148 valence electrons. The summed E-state index contributed by atoms with van der Waals surface area (Å²) in [7, 11) is 1.45. The van der Waals surface area contributed by atoms with E-state index in [1.807, 2.05) is 6.92 Å². The topological polar surface area (TPSA) is 103 Å². The molecule has 0 saturated heterocycles. The number of rotatable bonds is 9. The minimum absolute atomic E-state index is 0.297. The molecular formula is C20H22N2O6. The van der Waals surface area contributed by atoms with E-state index in [-0.39, 0.29) is 6.54 Å². The van der Waals surface area contributed by atoms with Crippen LogP contribution in [0.2, 0.25) is 0 Å². The molecule has 2 aromatic carbocycles. The van der Waals surface area contributed by atoms with E-state index >= 15 is 0 Å². The van der Waals surface area contributed by atoms with Crippen LogP contribution in [0.1, 0.15) is 17.3 Å². The molecule has 2 aromatic rings. The maximum absolute atomic E-state index is 12.1. The fraction of sp³-hybridized carbons (Fsp3) is 0.250. The van der Waals surface area contributed by atoms with Crippen LogP contribution < -0.4 is 20.1 Å². The predicted molar refractivity (Wildman–Crippen MR) is 103 cm³/mol. The lowest BCUT2D eigenvalue weighted by Gasteiger charge is -2.10. The van der Waals surface area contributed by atoms with Crippen LogP contribution in [-0.2, 0) is 14.3 Å². The normalized spacial score (nSPS) is 9.93. The number of benzene rings is 2. The number of anilines is 1. The Morgan fingerprint density at radius 1 is 1.00 bits per heavy atom. The van der Waals surface area contributed by atoms with Gasteiger partial charge in [-0.25, -0.2) is 0 Å².